The highest BCUT2D eigenvalue weighted by atomic mass is 32.1. The van der Waals surface area contributed by atoms with Crippen LogP contribution in [-0.4, -0.2) is 30.1 Å². The monoisotopic (exact) mass is 369 g/mol. The van der Waals surface area contributed by atoms with Crippen LogP contribution in [0.1, 0.15) is 11.4 Å². The number of nitrogens with one attached hydrogen (secondary N) is 1. The summed E-state index contributed by atoms with van der Waals surface area (Å²) in [7, 11) is 3.13. The van der Waals surface area contributed by atoms with Crippen LogP contribution < -0.4 is 14.8 Å². The van der Waals surface area contributed by atoms with Gasteiger partial charge in [-0.25, -0.2) is 4.98 Å². The topological polar surface area (TPSA) is 73.3 Å². The molecule has 0 atom stereocenters. The van der Waals surface area contributed by atoms with Gasteiger partial charge < -0.3 is 14.8 Å². The molecule has 1 aromatic carbocycles. The molecule has 3 rings (SSSR count). The number of anilines is 1. The van der Waals surface area contributed by atoms with Gasteiger partial charge in [0.1, 0.15) is 0 Å². The van der Waals surface area contributed by atoms with Crippen molar-refractivity contribution in [3.05, 3.63) is 53.1 Å². The van der Waals surface area contributed by atoms with Crippen LogP contribution in [0.2, 0.25) is 0 Å². The molecule has 26 heavy (non-hydrogen) atoms. The standard InChI is InChI=1S/C19H19N3O3S/c1-24-16-6-5-14(10-17(16)25-2)21-18(23)7-8-19-22-15(12-26-19)13-4-3-9-20-11-13/h3-6,9-12H,7-8H2,1-2H3,(H,21,23). The molecule has 0 bridgehead atoms. The van der Waals surface area contributed by atoms with Gasteiger partial charge in [-0.3, -0.25) is 9.78 Å². The Hall–Kier alpha value is -2.93. The molecule has 1 N–H and O–H groups in total. The average Bonchev–Trinajstić information content (AvgIpc) is 3.16. The van der Waals surface area contributed by atoms with Gasteiger partial charge in [0.25, 0.3) is 0 Å². The Labute approximate surface area is 155 Å². The predicted octanol–water partition coefficient (Wildman–Crippen LogP) is 3.79. The first kappa shape index (κ1) is 17.9. The van der Waals surface area contributed by atoms with E-state index in [9.17, 15) is 4.79 Å². The average molecular weight is 369 g/mol. The van der Waals surface area contributed by atoms with Crippen LogP contribution in [0.4, 0.5) is 5.69 Å². The van der Waals surface area contributed by atoms with E-state index in [1.165, 1.54) is 0 Å². The Morgan fingerprint density at radius 3 is 2.77 bits per heavy atom. The van der Waals surface area contributed by atoms with Gasteiger partial charge >= 0.3 is 0 Å². The second kappa shape index (κ2) is 8.44. The van der Waals surface area contributed by atoms with Crippen molar-refractivity contribution >= 4 is 22.9 Å². The van der Waals surface area contributed by atoms with Gasteiger partial charge in [0.05, 0.1) is 24.9 Å². The molecule has 7 heteroatoms. The minimum absolute atomic E-state index is 0.0738. The van der Waals surface area contributed by atoms with Crippen LogP contribution in [0.3, 0.4) is 0 Å². The van der Waals surface area contributed by atoms with E-state index in [0.717, 1.165) is 16.3 Å². The number of hydrogen-bond donors (Lipinski definition) is 1. The molecule has 3 aromatic rings. The molecule has 0 radical (unpaired) electrons. The van der Waals surface area contributed by atoms with E-state index in [-0.39, 0.29) is 5.91 Å². The Balaban J connectivity index is 1.57. The number of carbonyl (C=O) groups is 1. The Kier molecular flexibility index (Phi) is 5.80. The van der Waals surface area contributed by atoms with Gasteiger partial charge in [-0.15, -0.1) is 11.3 Å². The van der Waals surface area contributed by atoms with Crippen LogP contribution in [0.25, 0.3) is 11.3 Å². The van der Waals surface area contributed by atoms with Crippen molar-refractivity contribution in [1.29, 1.82) is 0 Å². The Bertz CT molecular complexity index is 881. The first-order valence-corrected chi connectivity index (χ1v) is 8.94. The highest BCUT2D eigenvalue weighted by Crippen LogP contribution is 2.29. The summed E-state index contributed by atoms with van der Waals surface area (Å²) in [6.45, 7) is 0. The molecule has 0 saturated heterocycles. The number of aryl methyl sites for hydroxylation is 1. The van der Waals surface area contributed by atoms with E-state index in [2.05, 4.69) is 15.3 Å². The number of hydrogen-bond acceptors (Lipinski definition) is 6. The molecule has 1 amide bonds. The van der Waals surface area contributed by atoms with E-state index in [4.69, 9.17) is 9.47 Å². The molecular formula is C19H19N3O3S. The summed E-state index contributed by atoms with van der Waals surface area (Å²) in [6, 6.07) is 9.12. The van der Waals surface area contributed by atoms with E-state index >= 15 is 0 Å². The van der Waals surface area contributed by atoms with E-state index in [1.54, 1.807) is 56.1 Å². The van der Waals surface area contributed by atoms with Gasteiger partial charge in [-0.2, -0.15) is 0 Å². The Morgan fingerprint density at radius 1 is 1.19 bits per heavy atom. The SMILES string of the molecule is COc1ccc(NC(=O)CCc2nc(-c3cccnc3)cs2)cc1OC. The molecule has 0 aliphatic rings. The van der Waals surface area contributed by atoms with Crippen molar-refractivity contribution in [3.8, 4) is 22.8 Å². The van der Waals surface area contributed by atoms with Crippen LogP contribution in [-0.2, 0) is 11.2 Å². The fourth-order valence-electron chi connectivity index (χ4n) is 2.43. The van der Waals surface area contributed by atoms with Crippen LogP contribution in [0.15, 0.2) is 48.1 Å². The van der Waals surface area contributed by atoms with Crippen LogP contribution in [0.5, 0.6) is 11.5 Å². The third-order valence-electron chi connectivity index (χ3n) is 3.74. The largest absolute Gasteiger partial charge is 0.493 e. The molecule has 2 aromatic heterocycles. The van der Waals surface area contributed by atoms with Crippen molar-refractivity contribution in [2.75, 3.05) is 19.5 Å². The van der Waals surface area contributed by atoms with E-state index in [1.807, 2.05) is 17.5 Å². The smallest absolute Gasteiger partial charge is 0.224 e. The van der Waals surface area contributed by atoms with Crippen molar-refractivity contribution in [3.63, 3.8) is 0 Å². The lowest BCUT2D eigenvalue weighted by molar-refractivity contribution is -0.116. The van der Waals surface area contributed by atoms with Gasteiger partial charge in [0, 0.05) is 47.9 Å². The van der Waals surface area contributed by atoms with E-state index in [0.29, 0.717) is 30.0 Å². The number of methoxy groups -OCH3 is 2. The maximum absolute atomic E-state index is 12.2. The number of ether oxygens (including phenoxy) is 2. The highest BCUT2D eigenvalue weighted by Gasteiger charge is 2.10. The van der Waals surface area contributed by atoms with Crippen molar-refractivity contribution in [1.82, 2.24) is 9.97 Å². The normalized spacial score (nSPS) is 10.4. The summed E-state index contributed by atoms with van der Waals surface area (Å²) >= 11 is 1.55. The number of pyridine rings is 1. The minimum atomic E-state index is -0.0738. The number of aromatic nitrogens is 2. The predicted molar refractivity (Wildman–Crippen MR) is 102 cm³/mol. The summed E-state index contributed by atoms with van der Waals surface area (Å²) in [5, 5.41) is 5.78. The maximum Gasteiger partial charge on any atom is 0.224 e. The van der Waals surface area contributed by atoms with Crippen molar-refractivity contribution in [2.45, 2.75) is 12.8 Å². The summed E-state index contributed by atoms with van der Waals surface area (Å²) in [5.41, 5.74) is 2.53. The molecule has 0 unspecified atom stereocenters. The first-order valence-electron chi connectivity index (χ1n) is 8.06. The van der Waals surface area contributed by atoms with Gasteiger partial charge in [0.2, 0.25) is 5.91 Å². The fourth-order valence-corrected chi connectivity index (χ4v) is 3.24. The van der Waals surface area contributed by atoms with Crippen LogP contribution in [0, 0.1) is 0 Å². The molecule has 0 fully saturated rings. The lowest BCUT2D eigenvalue weighted by Crippen LogP contribution is -2.12. The summed E-state index contributed by atoms with van der Waals surface area (Å²) in [4.78, 5) is 20.9. The minimum Gasteiger partial charge on any atom is -0.493 e. The number of nitrogens with zero attached hydrogens (tertiary/aromatic N) is 2. The first-order chi connectivity index (χ1) is 12.7. The zero-order valence-corrected chi connectivity index (χ0v) is 15.4. The molecule has 0 spiro atoms. The maximum atomic E-state index is 12.2. The zero-order chi connectivity index (χ0) is 18.4. The van der Waals surface area contributed by atoms with Crippen molar-refractivity contribution in [2.24, 2.45) is 0 Å². The van der Waals surface area contributed by atoms with Crippen molar-refractivity contribution < 1.29 is 14.3 Å². The van der Waals surface area contributed by atoms with Gasteiger partial charge in [-0.1, -0.05) is 0 Å². The number of rotatable bonds is 7. The molecule has 0 saturated carbocycles. The lowest BCUT2D eigenvalue weighted by atomic mass is 10.2. The molecule has 2 heterocycles. The second-order valence-corrected chi connectivity index (χ2v) is 6.43. The number of benzene rings is 1. The third kappa shape index (κ3) is 4.37. The third-order valence-corrected chi connectivity index (χ3v) is 4.65. The van der Waals surface area contributed by atoms with Gasteiger partial charge in [-0.05, 0) is 24.3 Å². The summed E-state index contributed by atoms with van der Waals surface area (Å²) in [5.74, 6) is 1.12. The van der Waals surface area contributed by atoms with E-state index < -0.39 is 0 Å². The molecule has 0 aliphatic carbocycles. The quantitative estimate of drug-likeness (QED) is 0.686. The molecular weight excluding hydrogens is 350 g/mol. The molecule has 134 valence electrons. The number of amides is 1. The highest BCUT2D eigenvalue weighted by molar-refractivity contribution is 7.09. The lowest BCUT2D eigenvalue weighted by Gasteiger charge is -2.10. The fraction of sp³-hybridized carbons (Fsp3) is 0.211. The summed E-state index contributed by atoms with van der Waals surface area (Å²) < 4.78 is 10.4. The number of carbonyl (C=O) groups excluding carboxylic acids is 1. The molecule has 6 nitrogen and oxygen atoms in total. The Morgan fingerprint density at radius 2 is 2.04 bits per heavy atom. The second-order valence-electron chi connectivity index (χ2n) is 5.49. The van der Waals surface area contributed by atoms with Crippen LogP contribution >= 0.6 is 11.3 Å². The molecule has 0 aliphatic heterocycles. The number of thiazole rings is 1. The zero-order valence-electron chi connectivity index (χ0n) is 14.6. The summed E-state index contributed by atoms with van der Waals surface area (Å²) in [6.07, 6.45) is 4.45. The van der Waals surface area contributed by atoms with Gasteiger partial charge in [0.15, 0.2) is 11.5 Å².